The van der Waals surface area contributed by atoms with Gasteiger partial charge in [-0.05, 0) is 44.9 Å². The van der Waals surface area contributed by atoms with Crippen LogP contribution >= 0.6 is 0 Å². The van der Waals surface area contributed by atoms with E-state index in [1.807, 2.05) is 6.07 Å². The van der Waals surface area contributed by atoms with Gasteiger partial charge in [0.05, 0.1) is 0 Å². The fraction of sp³-hybridized carbons (Fsp3) is 0.467. The molecule has 0 fully saturated rings. The number of nitrogens with two attached hydrogens (primary N) is 1. The third kappa shape index (κ3) is 6.09. The van der Waals surface area contributed by atoms with Gasteiger partial charge in [0.1, 0.15) is 5.82 Å². The van der Waals surface area contributed by atoms with Gasteiger partial charge in [0.2, 0.25) is 0 Å². The Morgan fingerprint density at radius 1 is 1.35 bits per heavy atom. The zero-order valence-electron chi connectivity index (χ0n) is 10.8. The van der Waals surface area contributed by atoms with E-state index in [-0.39, 0.29) is 17.3 Å². The maximum atomic E-state index is 13.0. The van der Waals surface area contributed by atoms with Gasteiger partial charge in [-0.25, -0.2) is 4.39 Å². The summed E-state index contributed by atoms with van der Waals surface area (Å²) >= 11 is 0. The molecule has 0 saturated carbocycles. The topological polar surface area (TPSA) is 26.0 Å². The second-order valence-electron chi connectivity index (χ2n) is 5.35. The van der Waals surface area contributed by atoms with Crippen molar-refractivity contribution in [2.24, 2.45) is 11.1 Å². The molecule has 0 aliphatic rings. The molecule has 1 unspecified atom stereocenters. The third-order valence-corrected chi connectivity index (χ3v) is 2.21. The van der Waals surface area contributed by atoms with Gasteiger partial charge in [0.25, 0.3) is 0 Å². The van der Waals surface area contributed by atoms with Crippen molar-refractivity contribution in [1.82, 2.24) is 0 Å². The highest BCUT2D eigenvalue weighted by Crippen LogP contribution is 2.11. The Labute approximate surface area is 103 Å². The fourth-order valence-corrected chi connectivity index (χ4v) is 1.49. The second kappa shape index (κ2) is 5.84. The summed E-state index contributed by atoms with van der Waals surface area (Å²) in [6, 6.07) is 6.52. The minimum atomic E-state index is -0.213. The van der Waals surface area contributed by atoms with Crippen LogP contribution in [0.25, 0.3) is 0 Å². The van der Waals surface area contributed by atoms with Crippen LogP contribution in [0.2, 0.25) is 0 Å². The minimum Gasteiger partial charge on any atom is -0.327 e. The molecule has 2 heteroatoms. The van der Waals surface area contributed by atoms with Crippen molar-refractivity contribution in [3.63, 3.8) is 0 Å². The maximum Gasteiger partial charge on any atom is 0.123 e. The van der Waals surface area contributed by atoms with E-state index in [0.717, 1.165) is 5.56 Å². The summed E-state index contributed by atoms with van der Waals surface area (Å²) < 4.78 is 13.0. The Morgan fingerprint density at radius 2 is 2.06 bits per heavy atom. The van der Waals surface area contributed by atoms with E-state index in [1.165, 1.54) is 12.1 Å². The van der Waals surface area contributed by atoms with Crippen LogP contribution in [0.15, 0.2) is 24.3 Å². The molecule has 0 aromatic heterocycles. The molecule has 1 atom stereocenters. The maximum absolute atomic E-state index is 13.0. The largest absolute Gasteiger partial charge is 0.327 e. The average molecular weight is 233 g/mol. The summed E-state index contributed by atoms with van der Waals surface area (Å²) in [6.45, 7) is 6.20. The van der Waals surface area contributed by atoms with Crippen LogP contribution in [0.4, 0.5) is 4.39 Å². The average Bonchev–Trinajstić information content (AvgIpc) is 2.15. The molecular weight excluding hydrogens is 213 g/mol. The first-order chi connectivity index (χ1) is 7.87. The molecule has 0 amide bonds. The molecule has 0 saturated heterocycles. The van der Waals surface area contributed by atoms with E-state index in [0.29, 0.717) is 12.8 Å². The molecule has 0 bridgehead atoms. The molecule has 1 rings (SSSR count). The zero-order chi connectivity index (χ0) is 12.9. The lowest BCUT2D eigenvalue weighted by Gasteiger charge is -2.10. The summed E-state index contributed by atoms with van der Waals surface area (Å²) in [7, 11) is 0. The summed E-state index contributed by atoms with van der Waals surface area (Å²) in [5, 5.41) is 0. The van der Waals surface area contributed by atoms with Crippen LogP contribution in [0.1, 0.15) is 32.8 Å². The van der Waals surface area contributed by atoms with Gasteiger partial charge in [-0.3, -0.25) is 0 Å². The molecule has 1 aromatic rings. The van der Waals surface area contributed by atoms with Crippen LogP contribution in [0.5, 0.6) is 0 Å². The van der Waals surface area contributed by atoms with Gasteiger partial charge in [-0.2, -0.15) is 0 Å². The van der Waals surface area contributed by atoms with Gasteiger partial charge >= 0.3 is 0 Å². The molecule has 2 N–H and O–H groups in total. The van der Waals surface area contributed by atoms with E-state index in [2.05, 4.69) is 32.6 Å². The summed E-state index contributed by atoms with van der Waals surface area (Å²) in [5.41, 5.74) is 6.90. The molecule has 0 aliphatic carbocycles. The minimum absolute atomic E-state index is 0.0125. The SMILES string of the molecule is CC(C)(C)C#CCC(N)Cc1cccc(F)c1. The van der Waals surface area contributed by atoms with Gasteiger partial charge in [-0.1, -0.05) is 18.1 Å². The molecule has 0 radical (unpaired) electrons. The Hall–Kier alpha value is -1.33. The van der Waals surface area contributed by atoms with E-state index in [4.69, 9.17) is 5.73 Å². The van der Waals surface area contributed by atoms with Crippen molar-refractivity contribution < 1.29 is 4.39 Å². The van der Waals surface area contributed by atoms with Crippen molar-refractivity contribution in [1.29, 1.82) is 0 Å². The van der Waals surface area contributed by atoms with E-state index >= 15 is 0 Å². The van der Waals surface area contributed by atoms with Crippen LogP contribution in [-0.2, 0) is 6.42 Å². The van der Waals surface area contributed by atoms with Crippen LogP contribution in [0, 0.1) is 23.1 Å². The summed E-state index contributed by atoms with van der Waals surface area (Å²) in [4.78, 5) is 0. The highest BCUT2D eigenvalue weighted by Gasteiger charge is 2.05. The number of benzene rings is 1. The molecule has 0 spiro atoms. The van der Waals surface area contributed by atoms with Gasteiger partial charge in [-0.15, -0.1) is 5.92 Å². The highest BCUT2D eigenvalue weighted by molar-refractivity contribution is 5.18. The predicted molar refractivity (Wildman–Crippen MR) is 69.9 cm³/mol. The standard InChI is InChI=1S/C15H20FN/c1-15(2,3)9-5-8-14(17)11-12-6-4-7-13(16)10-12/h4,6-7,10,14H,8,11,17H2,1-3H3. The molecule has 0 aliphatic heterocycles. The van der Waals surface area contributed by atoms with Crippen molar-refractivity contribution in [3.8, 4) is 11.8 Å². The van der Waals surface area contributed by atoms with E-state index in [1.54, 1.807) is 6.07 Å². The van der Waals surface area contributed by atoms with Crippen molar-refractivity contribution in [2.75, 3.05) is 0 Å². The smallest absolute Gasteiger partial charge is 0.123 e. The summed E-state index contributed by atoms with van der Waals surface area (Å²) in [5.74, 6) is 6.02. The normalized spacial score (nSPS) is 12.8. The number of halogens is 1. The molecular formula is C15H20FN. The lowest BCUT2D eigenvalue weighted by Crippen LogP contribution is -2.22. The van der Waals surface area contributed by atoms with Crippen molar-refractivity contribution in [2.45, 2.75) is 39.7 Å². The number of hydrogen-bond acceptors (Lipinski definition) is 1. The number of rotatable bonds is 3. The fourth-order valence-electron chi connectivity index (χ4n) is 1.49. The second-order valence-corrected chi connectivity index (χ2v) is 5.35. The third-order valence-electron chi connectivity index (χ3n) is 2.21. The Bertz CT molecular complexity index is 421. The zero-order valence-corrected chi connectivity index (χ0v) is 10.8. The van der Waals surface area contributed by atoms with Gasteiger partial charge < -0.3 is 5.73 Å². The lowest BCUT2D eigenvalue weighted by atomic mass is 9.97. The van der Waals surface area contributed by atoms with Crippen LogP contribution in [0.3, 0.4) is 0 Å². The Morgan fingerprint density at radius 3 is 2.65 bits per heavy atom. The molecule has 1 aromatic carbocycles. The van der Waals surface area contributed by atoms with Crippen LogP contribution < -0.4 is 5.73 Å². The van der Waals surface area contributed by atoms with E-state index in [9.17, 15) is 4.39 Å². The van der Waals surface area contributed by atoms with Gasteiger partial charge in [0.15, 0.2) is 0 Å². The first kappa shape index (κ1) is 13.7. The lowest BCUT2D eigenvalue weighted by molar-refractivity contribution is 0.569. The Kier molecular flexibility index (Phi) is 4.72. The van der Waals surface area contributed by atoms with Crippen molar-refractivity contribution in [3.05, 3.63) is 35.6 Å². The quantitative estimate of drug-likeness (QED) is 0.797. The monoisotopic (exact) mass is 233 g/mol. The highest BCUT2D eigenvalue weighted by atomic mass is 19.1. The molecule has 17 heavy (non-hydrogen) atoms. The van der Waals surface area contributed by atoms with Crippen LogP contribution in [-0.4, -0.2) is 6.04 Å². The predicted octanol–water partition coefficient (Wildman–Crippen LogP) is 3.14. The summed E-state index contributed by atoms with van der Waals surface area (Å²) in [6.07, 6.45) is 1.31. The molecule has 0 heterocycles. The van der Waals surface area contributed by atoms with E-state index < -0.39 is 0 Å². The first-order valence-electron chi connectivity index (χ1n) is 5.87. The first-order valence-corrected chi connectivity index (χ1v) is 5.87. The van der Waals surface area contributed by atoms with Crippen molar-refractivity contribution >= 4 is 0 Å². The Balaban J connectivity index is 2.49. The van der Waals surface area contributed by atoms with Gasteiger partial charge in [0, 0.05) is 17.9 Å². The molecule has 92 valence electrons. The number of hydrogen-bond donors (Lipinski definition) is 1. The molecule has 1 nitrogen and oxygen atoms in total.